The van der Waals surface area contributed by atoms with Crippen molar-refractivity contribution in [2.75, 3.05) is 19.8 Å². The lowest BCUT2D eigenvalue weighted by Gasteiger charge is -2.18. The average Bonchev–Trinajstić information content (AvgIpc) is 2.35. The Bertz CT molecular complexity index is 427. The molecule has 0 aliphatic rings. The van der Waals surface area contributed by atoms with E-state index in [-0.39, 0.29) is 12.6 Å². The molecule has 1 aromatic rings. The molecular formula is C13H17ClF3NO2. The Kier molecular flexibility index (Phi) is 6.58. The molecule has 0 aliphatic carbocycles. The molecule has 1 aromatic carbocycles. The monoisotopic (exact) mass is 311 g/mol. The minimum absolute atomic E-state index is 0.0164. The normalized spacial score (nSPS) is 13.3. The van der Waals surface area contributed by atoms with Gasteiger partial charge in [-0.2, -0.15) is 0 Å². The second-order valence-electron chi connectivity index (χ2n) is 4.10. The second-order valence-corrected chi connectivity index (χ2v) is 4.54. The fourth-order valence-corrected chi connectivity index (χ4v) is 1.89. The number of ether oxygens (including phenoxy) is 2. The molecule has 1 unspecified atom stereocenters. The zero-order valence-corrected chi connectivity index (χ0v) is 12.0. The Morgan fingerprint density at radius 3 is 2.60 bits per heavy atom. The van der Waals surface area contributed by atoms with E-state index >= 15 is 0 Å². The summed E-state index contributed by atoms with van der Waals surface area (Å²) < 4.78 is 44.5. The maximum Gasteiger partial charge on any atom is 0.522 e. The van der Waals surface area contributed by atoms with Crippen LogP contribution in [0.3, 0.4) is 0 Å². The molecular weight excluding hydrogens is 295 g/mol. The van der Waals surface area contributed by atoms with Gasteiger partial charge < -0.3 is 10.1 Å². The molecule has 0 fully saturated rings. The zero-order chi connectivity index (χ0) is 15.2. The van der Waals surface area contributed by atoms with Crippen LogP contribution < -0.4 is 10.1 Å². The van der Waals surface area contributed by atoms with E-state index in [2.05, 4.69) is 10.1 Å². The van der Waals surface area contributed by atoms with Crippen molar-refractivity contribution in [3.05, 3.63) is 28.8 Å². The molecule has 0 amide bonds. The first-order valence-corrected chi connectivity index (χ1v) is 6.57. The minimum Gasteiger partial charge on any atom is -0.491 e. The van der Waals surface area contributed by atoms with Crippen LogP contribution in [0.2, 0.25) is 5.02 Å². The molecule has 3 nitrogen and oxygen atoms in total. The first-order chi connectivity index (χ1) is 9.33. The van der Waals surface area contributed by atoms with E-state index in [0.717, 1.165) is 12.1 Å². The van der Waals surface area contributed by atoms with Gasteiger partial charge in [0, 0.05) is 16.6 Å². The zero-order valence-electron chi connectivity index (χ0n) is 11.3. The number of alkyl halides is 3. The summed E-state index contributed by atoms with van der Waals surface area (Å²) in [6.45, 7) is 3.89. The number of hydrogen-bond donors (Lipinski definition) is 1. The molecule has 0 heterocycles. The molecule has 0 spiro atoms. The third kappa shape index (κ3) is 5.98. The third-order valence-corrected chi connectivity index (χ3v) is 2.79. The first-order valence-electron chi connectivity index (χ1n) is 6.19. The smallest absolute Gasteiger partial charge is 0.491 e. The van der Waals surface area contributed by atoms with Gasteiger partial charge in [0.25, 0.3) is 0 Å². The summed E-state index contributed by atoms with van der Waals surface area (Å²) in [5, 5.41) is 3.74. The van der Waals surface area contributed by atoms with Crippen LogP contribution in [-0.4, -0.2) is 26.1 Å². The van der Waals surface area contributed by atoms with E-state index in [0.29, 0.717) is 10.8 Å². The summed E-state index contributed by atoms with van der Waals surface area (Å²) in [7, 11) is 0. The second kappa shape index (κ2) is 7.71. The Morgan fingerprint density at radius 2 is 2.00 bits per heavy atom. The molecule has 1 rings (SSSR count). The fourth-order valence-electron chi connectivity index (χ4n) is 1.71. The van der Waals surface area contributed by atoms with E-state index < -0.39 is 13.0 Å². The van der Waals surface area contributed by atoms with Crippen LogP contribution in [0.1, 0.15) is 25.5 Å². The van der Waals surface area contributed by atoms with Gasteiger partial charge in [0.15, 0.2) is 0 Å². The van der Waals surface area contributed by atoms with Crippen LogP contribution in [-0.2, 0) is 4.74 Å². The summed E-state index contributed by atoms with van der Waals surface area (Å²) in [6.07, 6.45) is -4.64. The van der Waals surface area contributed by atoms with Crippen LogP contribution in [0.4, 0.5) is 13.2 Å². The van der Waals surface area contributed by atoms with Crippen LogP contribution in [0.5, 0.6) is 5.75 Å². The summed E-state index contributed by atoms with van der Waals surface area (Å²) in [5.41, 5.74) is 0.798. The Morgan fingerprint density at radius 1 is 1.30 bits per heavy atom. The van der Waals surface area contributed by atoms with Gasteiger partial charge in [-0.25, -0.2) is 0 Å². The van der Waals surface area contributed by atoms with Gasteiger partial charge in [-0.05, 0) is 31.7 Å². The molecule has 1 atom stereocenters. The predicted molar refractivity (Wildman–Crippen MR) is 71.0 cm³/mol. The fraction of sp³-hybridized carbons (Fsp3) is 0.538. The molecule has 1 N–H and O–H groups in total. The predicted octanol–water partition coefficient (Wildman–Crippen LogP) is 3.93. The van der Waals surface area contributed by atoms with Crippen LogP contribution >= 0.6 is 11.6 Å². The number of benzene rings is 1. The standard InChI is InChI=1S/C13H17ClF3NO2/c1-3-18-9(2)11-8-10(14)4-5-12(11)19-6-7-20-13(15,16)17/h4-5,8-9,18H,3,6-7H2,1-2H3. The topological polar surface area (TPSA) is 30.5 Å². The van der Waals surface area contributed by atoms with E-state index in [1.54, 1.807) is 18.2 Å². The number of rotatable bonds is 7. The highest BCUT2D eigenvalue weighted by molar-refractivity contribution is 6.30. The number of halogens is 4. The lowest BCUT2D eigenvalue weighted by molar-refractivity contribution is -0.325. The van der Waals surface area contributed by atoms with Crippen molar-refractivity contribution in [3.63, 3.8) is 0 Å². The highest BCUT2D eigenvalue weighted by atomic mass is 35.5. The van der Waals surface area contributed by atoms with Crippen molar-refractivity contribution >= 4 is 11.6 Å². The Labute approximate surface area is 121 Å². The van der Waals surface area contributed by atoms with Gasteiger partial charge >= 0.3 is 6.36 Å². The van der Waals surface area contributed by atoms with Crippen LogP contribution in [0.25, 0.3) is 0 Å². The number of nitrogens with one attached hydrogen (secondary N) is 1. The SMILES string of the molecule is CCNC(C)c1cc(Cl)ccc1OCCOC(F)(F)F. The minimum atomic E-state index is -4.64. The van der Waals surface area contributed by atoms with E-state index in [1.807, 2.05) is 13.8 Å². The van der Waals surface area contributed by atoms with Gasteiger partial charge in [-0.3, -0.25) is 4.74 Å². The molecule has 7 heteroatoms. The Hall–Kier alpha value is -0.980. The lowest BCUT2D eigenvalue weighted by Crippen LogP contribution is -2.20. The first kappa shape index (κ1) is 17.1. The average molecular weight is 312 g/mol. The van der Waals surface area contributed by atoms with Crippen molar-refractivity contribution in [3.8, 4) is 5.75 Å². The van der Waals surface area contributed by atoms with Crippen molar-refractivity contribution < 1.29 is 22.6 Å². The van der Waals surface area contributed by atoms with Crippen LogP contribution in [0, 0.1) is 0 Å². The van der Waals surface area contributed by atoms with E-state index in [4.69, 9.17) is 16.3 Å². The van der Waals surface area contributed by atoms with E-state index in [9.17, 15) is 13.2 Å². The molecule has 20 heavy (non-hydrogen) atoms. The Balaban J connectivity index is 2.64. The van der Waals surface area contributed by atoms with Gasteiger partial charge in [-0.1, -0.05) is 18.5 Å². The largest absolute Gasteiger partial charge is 0.522 e. The maximum absolute atomic E-state index is 11.8. The molecule has 0 radical (unpaired) electrons. The molecule has 0 saturated heterocycles. The number of hydrogen-bond acceptors (Lipinski definition) is 3. The molecule has 0 aromatic heterocycles. The highest BCUT2D eigenvalue weighted by Crippen LogP contribution is 2.28. The van der Waals surface area contributed by atoms with Crippen LogP contribution in [0.15, 0.2) is 18.2 Å². The van der Waals surface area contributed by atoms with Gasteiger partial charge in [0.05, 0.1) is 6.61 Å². The van der Waals surface area contributed by atoms with Crippen molar-refractivity contribution in [1.29, 1.82) is 0 Å². The molecule has 0 aliphatic heterocycles. The third-order valence-electron chi connectivity index (χ3n) is 2.56. The summed E-state index contributed by atoms with van der Waals surface area (Å²) in [6, 6.07) is 4.98. The van der Waals surface area contributed by atoms with E-state index in [1.165, 1.54) is 0 Å². The highest BCUT2D eigenvalue weighted by Gasteiger charge is 2.28. The molecule has 114 valence electrons. The van der Waals surface area contributed by atoms with Crippen molar-refractivity contribution in [2.45, 2.75) is 26.3 Å². The van der Waals surface area contributed by atoms with Gasteiger partial charge in [0.1, 0.15) is 12.4 Å². The lowest BCUT2D eigenvalue weighted by atomic mass is 10.1. The summed E-state index contributed by atoms with van der Waals surface area (Å²) >= 11 is 5.93. The van der Waals surface area contributed by atoms with Gasteiger partial charge in [0.2, 0.25) is 0 Å². The van der Waals surface area contributed by atoms with Crippen molar-refractivity contribution in [1.82, 2.24) is 5.32 Å². The quantitative estimate of drug-likeness (QED) is 0.774. The van der Waals surface area contributed by atoms with Crippen molar-refractivity contribution in [2.24, 2.45) is 0 Å². The summed E-state index contributed by atoms with van der Waals surface area (Å²) in [4.78, 5) is 0. The molecule has 0 saturated carbocycles. The maximum atomic E-state index is 11.8. The van der Waals surface area contributed by atoms with Gasteiger partial charge in [-0.15, -0.1) is 13.2 Å². The molecule has 0 bridgehead atoms. The summed E-state index contributed by atoms with van der Waals surface area (Å²) in [5.74, 6) is 0.494.